The van der Waals surface area contributed by atoms with Gasteiger partial charge in [0, 0.05) is 12.1 Å². The third kappa shape index (κ3) is 4.39. The van der Waals surface area contributed by atoms with Crippen LogP contribution < -0.4 is 5.32 Å². The number of hydrogen-bond donors (Lipinski definition) is 1. The summed E-state index contributed by atoms with van der Waals surface area (Å²) in [7, 11) is 0. The summed E-state index contributed by atoms with van der Waals surface area (Å²) in [6.07, 6.45) is 4.07. The van der Waals surface area contributed by atoms with E-state index in [-0.39, 0.29) is 23.5 Å². The molecule has 1 amide bonds. The summed E-state index contributed by atoms with van der Waals surface area (Å²) in [5.74, 6) is 0.516. The summed E-state index contributed by atoms with van der Waals surface area (Å²) in [5, 5.41) is 12.1. The Morgan fingerprint density at radius 2 is 2.16 bits per heavy atom. The number of benzene rings is 1. The Balaban J connectivity index is 1.73. The van der Waals surface area contributed by atoms with E-state index in [1.54, 1.807) is 18.2 Å². The fourth-order valence-corrected chi connectivity index (χ4v) is 3.63. The fourth-order valence-electron chi connectivity index (χ4n) is 2.82. The van der Waals surface area contributed by atoms with Gasteiger partial charge in [-0.05, 0) is 38.3 Å². The first-order valence-corrected chi connectivity index (χ1v) is 9.70. The van der Waals surface area contributed by atoms with Crippen molar-refractivity contribution in [3.63, 3.8) is 0 Å². The fraction of sp³-hybridized carbons (Fsp3) is 0.500. The molecule has 3 rings (SSSR count). The monoisotopic (exact) mass is 362 g/mol. The largest absolute Gasteiger partial charge is 0.353 e. The third-order valence-corrected chi connectivity index (χ3v) is 5.10. The minimum Gasteiger partial charge on any atom is -0.353 e. The average Bonchev–Trinajstić information content (AvgIpc) is 3.33. The molecule has 25 heavy (non-hydrogen) atoms. The van der Waals surface area contributed by atoms with E-state index in [1.165, 1.54) is 17.8 Å². The van der Waals surface area contributed by atoms with Crippen LogP contribution in [0.1, 0.15) is 45.6 Å². The number of carbonyl (C=O) groups excluding carboxylic acids is 1. The maximum atomic E-state index is 14.1. The molecule has 0 aliphatic heterocycles. The first-order valence-electron chi connectivity index (χ1n) is 8.72. The molecule has 0 radical (unpaired) electrons. The Morgan fingerprint density at radius 3 is 2.84 bits per heavy atom. The van der Waals surface area contributed by atoms with E-state index < -0.39 is 0 Å². The summed E-state index contributed by atoms with van der Waals surface area (Å²) in [6.45, 7) is 4.11. The first kappa shape index (κ1) is 17.9. The van der Waals surface area contributed by atoms with Crippen LogP contribution in [0.15, 0.2) is 29.4 Å². The molecule has 7 heteroatoms. The van der Waals surface area contributed by atoms with Gasteiger partial charge < -0.3 is 5.32 Å². The van der Waals surface area contributed by atoms with Crippen molar-refractivity contribution in [2.45, 2.75) is 56.8 Å². The molecule has 1 aliphatic carbocycles. The Bertz CT molecular complexity index is 744. The Labute approximate surface area is 151 Å². The second-order valence-electron chi connectivity index (χ2n) is 6.43. The van der Waals surface area contributed by atoms with Crippen molar-refractivity contribution < 1.29 is 9.18 Å². The van der Waals surface area contributed by atoms with Gasteiger partial charge >= 0.3 is 0 Å². The highest BCUT2D eigenvalue weighted by Crippen LogP contribution is 2.41. The number of halogens is 1. The molecule has 1 fully saturated rings. The number of thioether (sulfide) groups is 1. The van der Waals surface area contributed by atoms with Crippen LogP contribution in [0.3, 0.4) is 0 Å². The van der Waals surface area contributed by atoms with Gasteiger partial charge in [0.25, 0.3) is 0 Å². The maximum Gasteiger partial charge on any atom is 0.230 e. The van der Waals surface area contributed by atoms with Crippen LogP contribution in [0.4, 0.5) is 4.39 Å². The Kier molecular flexibility index (Phi) is 5.73. The zero-order valence-electron chi connectivity index (χ0n) is 14.5. The zero-order valence-corrected chi connectivity index (χ0v) is 15.4. The molecule has 1 heterocycles. The molecule has 1 aromatic carbocycles. The van der Waals surface area contributed by atoms with Gasteiger partial charge in [0.2, 0.25) is 5.91 Å². The second-order valence-corrected chi connectivity index (χ2v) is 7.38. The van der Waals surface area contributed by atoms with Crippen molar-refractivity contribution in [2.24, 2.45) is 0 Å². The van der Waals surface area contributed by atoms with E-state index in [4.69, 9.17) is 0 Å². The van der Waals surface area contributed by atoms with Gasteiger partial charge in [-0.25, -0.2) is 4.39 Å². The second kappa shape index (κ2) is 7.99. The molecule has 134 valence electrons. The summed E-state index contributed by atoms with van der Waals surface area (Å²) < 4.78 is 16.1. The van der Waals surface area contributed by atoms with Crippen molar-refractivity contribution in [1.29, 1.82) is 0 Å². The summed E-state index contributed by atoms with van der Waals surface area (Å²) in [5.41, 5.74) is 0.453. The van der Waals surface area contributed by atoms with Gasteiger partial charge in [-0.2, -0.15) is 0 Å². The van der Waals surface area contributed by atoms with E-state index in [1.807, 2.05) is 11.5 Å². The quantitative estimate of drug-likeness (QED) is 0.725. The van der Waals surface area contributed by atoms with Crippen LogP contribution in [-0.2, 0) is 4.79 Å². The van der Waals surface area contributed by atoms with Crippen molar-refractivity contribution in [3.05, 3.63) is 30.1 Å². The number of nitrogens with one attached hydrogen (secondary N) is 1. The molecule has 0 spiro atoms. The van der Waals surface area contributed by atoms with Crippen molar-refractivity contribution in [3.8, 4) is 11.4 Å². The lowest BCUT2D eigenvalue weighted by Crippen LogP contribution is -2.33. The van der Waals surface area contributed by atoms with Crippen LogP contribution in [0, 0.1) is 5.82 Å². The number of rotatable bonds is 8. The number of aromatic nitrogens is 3. The molecule has 1 N–H and O–H groups in total. The SMILES string of the molecule is CCCC(C)NC(=O)CSc1nnc(-c2ccccc2F)n1C1CC1. The van der Waals surface area contributed by atoms with Gasteiger partial charge in [0.1, 0.15) is 5.82 Å². The Morgan fingerprint density at radius 1 is 1.40 bits per heavy atom. The van der Waals surface area contributed by atoms with Crippen molar-refractivity contribution in [1.82, 2.24) is 20.1 Å². The standard InChI is InChI=1S/C18H23FN4OS/c1-3-6-12(2)20-16(24)11-25-18-22-21-17(23(18)13-9-10-13)14-7-4-5-8-15(14)19/h4-5,7-8,12-13H,3,6,9-11H2,1-2H3,(H,20,24). The molecule has 1 aromatic heterocycles. The number of amides is 1. The smallest absolute Gasteiger partial charge is 0.230 e. The summed E-state index contributed by atoms with van der Waals surface area (Å²) in [4.78, 5) is 12.1. The molecular weight excluding hydrogens is 339 g/mol. The topological polar surface area (TPSA) is 59.8 Å². The summed E-state index contributed by atoms with van der Waals surface area (Å²) >= 11 is 1.36. The van der Waals surface area contributed by atoms with E-state index in [9.17, 15) is 9.18 Å². The molecule has 1 unspecified atom stereocenters. The minimum absolute atomic E-state index is 0.0104. The van der Waals surface area contributed by atoms with Gasteiger partial charge in [-0.3, -0.25) is 9.36 Å². The van der Waals surface area contributed by atoms with E-state index >= 15 is 0 Å². The third-order valence-electron chi connectivity index (χ3n) is 4.15. The zero-order chi connectivity index (χ0) is 17.8. The Hall–Kier alpha value is -1.89. The van der Waals surface area contributed by atoms with Crippen molar-refractivity contribution >= 4 is 17.7 Å². The highest BCUT2D eigenvalue weighted by Gasteiger charge is 2.31. The molecule has 1 aliphatic rings. The van der Waals surface area contributed by atoms with Gasteiger partial charge in [-0.15, -0.1) is 10.2 Å². The van der Waals surface area contributed by atoms with Gasteiger partial charge in [0.15, 0.2) is 11.0 Å². The summed E-state index contributed by atoms with van der Waals surface area (Å²) in [6, 6.07) is 7.07. The average molecular weight is 362 g/mol. The van der Waals surface area contributed by atoms with Crippen LogP contribution in [0.25, 0.3) is 11.4 Å². The normalized spacial score (nSPS) is 15.2. The van der Waals surface area contributed by atoms with E-state index in [0.717, 1.165) is 25.7 Å². The predicted octanol–water partition coefficient (Wildman–Crippen LogP) is 3.82. The van der Waals surface area contributed by atoms with E-state index in [0.29, 0.717) is 22.6 Å². The highest BCUT2D eigenvalue weighted by atomic mass is 32.2. The van der Waals surface area contributed by atoms with Gasteiger partial charge in [-0.1, -0.05) is 37.2 Å². The maximum absolute atomic E-state index is 14.1. The molecule has 2 aromatic rings. The lowest BCUT2D eigenvalue weighted by atomic mass is 10.2. The molecule has 0 bridgehead atoms. The number of hydrogen-bond acceptors (Lipinski definition) is 4. The molecule has 0 saturated heterocycles. The van der Waals surface area contributed by atoms with Crippen LogP contribution in [-0.4, -0.2) is 32.5 Å². The molecule has 1 saturated carbocycles. The number of carbonyl (C=O) groups is 1. The van der Waals surface area contributed by atoms with Crippen LogP contribution in [0.5, 0.6) is 0 Å². The lowest BCUT2D eigenvalue weighted by molar-refractivity contribution is -0.119. The molecule has 5 nitrogen and oxygen atoms in total. The highest BCUT2D eigenvalue weighted by molar-refractivity contribution is 7.99. The molecular formula is C18H23FN4OS. The predicted molar refractivity (Wildman–Crippen MR) is 96.9 cm³/mol. The molecule has 1 atom stereocenters. The van der Waals surface area contributed by atoms with E-state index in [2.05, 4.69) is 22.4 Å². The van der Waals surface area contributed by atoms with Crippen molar-refractivity contribution in [2.75, 3.05) is 5.75 Å². The minimum atomic E-state index is -0.306. The van der Waals surface area contributed by atoms with Crippen LogP contribution in [0.2, 0.25) is 0 Å². The van der Waals surface area contributed by atoms with Gasteiger partial charge in [0.05, 0.1) is 11.3 Å². The lowest BCUT2D eigenvalue weighted by Gasteiger charge is -2.13. The number of nitrogens with zero attached hydrogens (tertiary/aromatic N) is 3. The first-order chi connectivity index (χ1) is 12.1. The van der Waals surface area contributed by atoms with Crippen LogP contribution >= 0.6 is 11.8 Å².